The first-order valence-electron chi connectivity index (χ1n) is 6.27. The van der Waals surface area contributed by atoms with Crippen molar-refractivity contribution in [1.29, 1.82) is 0 Å². The van der Waals surface area contributed by atoms with Crippen LogP contribution in [-0.4, -0.2) is 15.9 Å². The molecule has 0 unspecified atom stereocenters. The van der Waals surface area contributed by atoms with Crippen molar-refractivity contribution in [2.45, 2.75) is 13.5 Å². The van der Waals surface area contributed by atoms with Crippen LogP contribution in [0.1, 0.15) is 21.8 Å². The molecule has 0 bridgehead atoms. The Hall–Kier alpha value is -2.69. The number of nitrogens with one attached hydrogen (secondary N) is 1. The minimum absolute atomic E-state index is 0.252. The number of nitrogens with zero attached hydrogens (tertiary/aromatic N) is 2. The number of carbonyl (C=O) groups is 1. The maximum Gasteiger partial charge on any atom is 0.287 e. The van der Waals surface area contributed by atoms with Crippen molar-refractivity contribution >= 4 is 17.0 Å². The summed E-state index contributed by atoms with van der Waals surface area (Å²) in [7, 11) is 0. The van der Waals surface area contributed by atoms with Gasteiger partial charge in [0.25, 0.3) is 5.91 Å². The van der Waals surface area contributed by atoms with Crippen LogP contribution in [0, 0.1) is 6.92 Å². The Bertz CT molecular complexity index is 750. The molecule has 0 spiro atoms. The van der Waals surface area contributed by atoms with Crippen molar-refractivity contribution in [3.8, 4) is 0 Å². The molecule has 0 atom stereocenters. The monoisotopic (exact) mass is 267 g/mol. The van der Waals surface area contributed by atoms with E-state index in [2.05, 4.69) is 15.3 Å². The predicted molar refractivity (Wildman–Crippen MR) is 74.2 cm³/mol. The molecule has 0 radical (unpaired) electrons. The van der Waals surface area contributed by atoms with Gasteiger partial charge in [-0.05, 0) is 36.8 Å². The molecule has 0 aliphatic carbocycles. The fourth-order valence-electron chi connectivity index (χ4n) is 1.91. The highest BCUT2D eigenvalue weighted by Crippen LogP contribution is 2.17. The summed E-state index contributed by atoms with van der Waals surface area (Å²) in [5.41, 5.74) is 3.18. The van der Waals surface area contributed by atoms with Gasteiger partial charge in [0, 0.05) is 30.7 Å². The van der Waals surface area contributed by atoms with E-state index in [1.54, 1.807) is 18.5 Å². The van der Waals surface area contributed by atoms with E-state index in [4.69, 9.17) is 4.42 Å². The molecule has 5 nitrogen and oxygen atoms in total. The third-order valence-electron chi connectivity index (χ3n) is 2.94. The summed E-state index contributed by atoms with van der Waals surface area (Å²) < 4.78 is 5.49. The standard InChI is InChI=1S/C15H13N3O2/c1-10-2-3-13-12(18-10)8-14(20-13)15(19)17-9-11-4-6-16-7-5-11/h2-8H,9H2,1H3,(H,17,19). The summed E-state index contributed by atoms with van der Waals surface area (Å²) in [4.78, 5) is 20.3. The molecule has 3 aromatic heterocycles. The van der Waals surface area contributed by atoms with Gasteiger partial charge >= 0.3 is 0 Å². The Morgan fingerprint density at radius 2 is 2.05 bits per heavy atom. The molecular weight excluding hydrogens is 254 g/mol. The van der Waals surface area contributed by atoms with Crippen molar-refractivity contribution in [3.05, 3.63) is 59.7 Å². The topological polar surface area (TPSA) is 68.0 Å². The third-order valence-corrected chi connectivity index (χ3v) is 2.94. The fourth-order valence-corrected chi connectivity index (χ4v) is 1.91. The maximum absolute atomic E-state index is 12.0. The number of rotatable bonds is 3. The predicted octanol–water partition coefficient (Wildman–Crippen LogP) is 2.46. The molecule has 100 valence electrons. The third kappa shape index (κ3) is 2.51. The SMILES string of the molecule is Cc1ccc2oc(C(=O)NCc3ccncc3)cc2n1. The number of aromatic nitrogens is 2. The van der Waals surface area contributed by atoms with E-state index in [1.807, 2.05) is 31.2 Å². The molecule has 5 heteroatoms. The number of amides is 1. The van der Waals surface area contributed by atoms with Crippen LogP contribution in [0.4, 0.5) is 0 Å². The number of carbonyl (C=O) groups excluding carboxylic acids is 1. The average molecular weight is 267 g/mol. The summed E-state index contributed by atoms with van der Waals surface area (Å²) in [5, 5.41) is 2.80. The zero-order chi connectivity index (χ0) is 13.9. The zero-order valence-electron chi connectivity index (χ0n) is 11.0. The quantitative estimate of drug-likeness (QED) is 0.791. The molecule has 0 aliphatic rings. The van der Waals surface area contributed by atoms with E-state index in [0.717, 1.165) is 11.3 Å². The number of fused-ring (bicyclic) bond motifs is 1. The lowest BCUT2D eigenvalue weighted by atomic mass is 10.2. The zero-order valence-corrected chi connectivity index (χ0v) is 11.0. The van der Waals surface area contributed by atoms with Gasteiger partial charge in [0.2, 0.25) is 0 Å². The van der Waals surface area contributed by atoms with E-state index in [9.17, 15) is 4.79 Å². The minimum atomic E-state index is -0.252. The van der Waals surface area contributed by atoms with Gasteiger partial charge in [-0.25, -0.2) is 4.98 Å². The first-order valence-corrected chi connectivity index (χ1v) is 6.27. The number of pyridine rings is 2. The number of hydrogen-bond donors (Lipinski definition) is 1. The average Bonchev–Trinajstić information content (AvgIpc) is 2.89. The number of furan rings is 1. The lowest BCUT2D eigenvalue weighted by Crippen LogP contribution is -2.22. The van der Waals surface area contributed by atoms with E-state index in [0.29, 0.717) is 17.6 Å². The molecule has 3 aromatic rings. The van der Waals surface area contributed by atoms with E-state index in [1.165, 1.54) is 0 Å². The van der Waals surface area contributed by atoms with Crippen LogP contribution in [0.2, 0.25) is 0 Å². The number of hydrogen-bond acceptors (Lipinski definition) is 4. The largest absolute Gasteiger partial charge is 0.449 e. The van der Waals surface area contributed by atoms with Gasteiger partial charge in [-0.2, -0.15) is 0 Å². The summed E-state index contributed by atoms with van der Waals surface area (Å²) in [6.45, 7) is 2.33. The van der Waals surface area contributed by atoms with Crippen LogP contribution < -0.4 is 5.32 Å². The second-order valence-corrected chi connectivity index (χ2v) is 4.48. The van der Waals surface area contributed by atoms with Gasteiger partial charge in [0.05, 0.1) is 0 Å². The highest BCUT2D eigenvalue weighted by Gasteiger charge is 2.12. The Morgan fingerprint density at radius 1 is 1.25 bits per heavy atom. The summed E-state index contributed by atoms with van der Waals surface area (Å²) >= 11 is 0. The molecular formula is C15H13N3O2. The van der Waals surface area contributed by atoms with Crippen molar-refractivity contribution in [3.63, 3.8) is 0 Å². The highest BCUT2D eigenvalue weighted by molar-refractivity contribution is 5.95. The second kappa shape index (κ2) is 5.13. The van der Waals surface area contributed by atoms with Crippen LogP contribution in [0.25, 0.3) is 11.1 Å². The fraction of sp³-hybridized carbons (Fsp3) is 0.133. The summed E-state index contributed by atoms with van der Waals surface area (Å²) in [6.07, 6.45) is 3.38. The molecule has 0 saturated carbocycles. The molecule has 3 heterocycles. The minimum Gasteiger partial charge on any atom is -0.449 e. The van der Waals surface area contributed by atoms with E-state index >= 15 is 0 Å². The van der Waals surface area contributed by atoms with Crippen molar-refractivity contribution < 1.29 is 9.21 Å². The second-order valence-electron chi connectivity index (χ2n) is 4.48. The molecule has 1 N–H and O–H groups in total. The summed E-state index contributed by atoms with van der Waals surface area (Å²) in [5.74, 6) is 0.0182. The molecule has 0 saturated heterocycles. The summed E-state index contributed by atoms with van der Waals surface area (Å²) in [6, 6.07) is 9.03. The molecule has 3 rings (SSSR count). The first-order chi connectivity index (χ1) is 9.72. The van der Waals surface area contributed by atoms with Crippen LogP contribution in [0.15, 0.2) is 47.1 Å². The molecule has 0 aromatic carbocycles. The molecule has 20 heavy (non-hydrogen) atoms. The van der Waals surface area contributed by atoms with Gasteiger partial charge in [0.1, 0.15) is 5.52 Å². The molecule has 1 amide bonds. The van der Waals surface area contributed by atoms with E-state index in [-0.39, 0.29) is 11.7 Å². The Balaban J connectivity index is 1.75. The Labute approximate surface area is 115 Å². The smallest absolute Gasteiger partial charge is 0.287 e. The number of aryl methyl sites for hydroxylation is 1. The van der Waals surface area contributed by atoms with Gasteiger partial charge in [-0.15, -0.1) is 0 Å². The lowest BCUT2D eigenvalue weighted by molar-refractivity contribution is 0.0925. The van der Waals surface area contributed by atoms with Crippen molar-refractivity contribution in [1.82, 2.24) is 15.3 Å². The van der Waals surface area contributed by atoms with Gasteiger partial charge in [0.15, 0.2) is 11.3 Å². The highest BCUT2D eigenvalue weighted by atomic mass is 16.3. The maximum atomic E-state index is 12.0. The van der Waals surface area contributed by atoms with Crippen LogP contribution in [0.5, 0.6) is 0 Å². The van der Waals surface area contributed by atoms with Crippen molar-refractivity contribution in [2.75, 3.05) is 0 Å². The van der Waals surface area contributed by atoms with Gasteiger partial charge in [-0.3, -0.25) is 9.78 Å². The van der Waals surface area contributed by atoms with E-state index < -0.39 is 0 Å². The van der Waals surface area contributed by atoms with Crippen LogP contribution in [0.3, 0.4) is 0 Å². The Kier molecular flexibility index (Phi) is 3.16. The normalized spacial score (nSPS) is 10.7. The van der Waals surface area contributed by atoms with Crippen LogP contribution in [-0.2, 0) is 6.54 Å². The molecule has 0 aliphatic heterocycles. The molecule has 0 fully saturated rings. The lowest BCUT2D eigenvalue weighted by Gasteiger charge is -2.02. The van der Waals surface area contributed by atoms with Gasteiger partial charge in [-0.1, -0.05) is 0 Å². The van der Waals surface area contributed by atoms with Crippen molar-refractivity contribution in [2.24, 2.45) is 0 Å². The van der Waals surface area contributed by atoms with Crippen LogP contribution >= 0.6 is 0 Å². The van der Waals surface area contributed by atoms with Gasteiger partial charge < -0.3 is 9.73 Å². The first kappa shape index (κ1) is 12.3. The Morgan fingerprint density at radius 3 is 2.85 bits per heavy atom.